The fraction of sp³-hybridized carbons (Fsp3) is 0.308. The van der Waals surface area contributed by atoms with Gasteiger partial charge in [-0.1, -0.05) is 35.9 Å². The average Bonchev–Trinajstić information content (AvgIpc) is 2.86. The molecule has 2 heterocycles. The van der Waals surface area contributed by atoms with Crippen LogP contribution in [0.15, 0.2) is 73.1 Å². The van der Waals surface area contributed by atoms with Crippen LogP contribution in [0.1, 0.15) is 22.3 Å². The van der Waals surface area contributed by atoms with Crippen molar-refractivity contribution in [2.75, 3.05) is 44.2 Å². The molecule has 4 rings (SSSR count). The van der Waals surface area contributed by atoms with Gasteiger partial charge >= 0.3 is 0 Å². The maximum atomic E-state index is 12.0. The topological polar surface area (TPSA) is 57.7 Å². The van der Waals surface area contributed by atoms with Crippen LogP contribution >= 0.6 is 11.6 Å². The van der Waals surface area contributed by atoms with E-state index < -0.39 is 0 Å². The molecule has 172 valence electrons. The Morgan fingerprint density at radius 1 is 0.970 bits per heavy atom. The molecule has 2 aromatic carbocycles. The number of halogens is 1. The van der Waals surface area contributed by atoms with E-state index in [4.69, 9.17) is 16.3 Å². The molecule has 0 atom stereocenters. The van der Waals surface area contributed by atoms with Gasteiger partial charge in [-0.05, 0) is 48.4 Å². The molecule has 1 aliphatic heterocycles. The van der Waals surface area contributed by atoms with Gasteiger partial charge in [0.25, 0.3) is 5.91 Å². The van der Waals surface area contributed by atoms with Crippen LogP contribution in [0.4, 0.5) is 5.69 Å². The van der Waals surface area contributed by atoms with E-state index in [9.17, 15) is 4.79 Å². The highest BCUT2D eigenvalue weighted by Crippen LogP contribution is 2.26. The summed E-state index contributed by atoms with van der Waals surface area (Å²) in [6.45, 7) is 6.02. The minimum Gasteiger partial charge on any atom is -0.494 e. The number of aromatic nitrogens is 1. The van der Waals surface area contributed by atoms with E-state index in [-0.39, 0.29) is 5.91 Å². The van der Waals surface area contributed by atoms with Crippen molar-refractivity contribution in [2.45, 2.75) is 13.0 Å². The maximum absolute atomic E-state index is 12.0. The number of nitrogens with one attached hydrogen (secondary N) is 1. The first kappa shape index (κ1) is 23.1. The third kappa shape index (κ3) is 6.70. The van der Waals surface area contributed by atoms with Gasteiger partial charge in [0.15, 0.2) is 0 Å². The molecule has 3 aromatic rings. The van der Waals surface area contributed by atoms with Crippen LogP contribution < -0.4 is 15.0 Å². The van der Waals surface area contributed by atoms with Gasteiger partial charge in [0.05, 0.1) is 17.3 Å². The van der Waals surface area contributed by atoms with Crippen LogP contribution in [-0.2, 0) is 6.54 Å². The summed E-state index contributed by atoms with van der Waals surface area (Å²) in [5.41, 5.74) is 3.02. The largest absolute Gasteiger partial charge is 0.494 e. The van der Waals surface area contributed by atoms with Crippen LogP contribution in [0.5, 0.6) is 5.75 Å². The van der Waals surface area contributed by atoms with Crippen molar-refractivity contribution < 1.29 is 9.53 Å². The fourth-order valence-electron chi connectivity index (χ4n) is 3.87. The zero-order valence-corrected chi connectivity index (χ0v) is 19.4. The SMILES string of the molecule is O=C(NCCCOc1ccc(CN2CCN(c3ccccc3Cl)CC2)cc1)c1ccncc1. The lowest BCUT2D eigenvalue weighted by Gasteiger charge is -2.36. The Hall–Kier alpha value is -3.09. The molecule has 1 amide bonds. The minimum atomic E-state index is -0.0885. The second kappa shape index (κ2) is 11.7. The van der Waals surface area contributed by atoms with E-state index in [0.29, 0.717) is 18.7 Å². The molecule has 1 saturated heterocycles. The summed E-state index contributed by atoms with van der Waals surface area (Å²) in [6, 6.07) is 19.7. The van der Waals surface area contributed by atoms with Gasteiger partial charge in [-0.3, -0.25) is 14.7 Å². The summed E-state index contributed by atoms with van der Waals surface area (Å²) in [6.07, 6.45) is 3.97. The van der Waals surface area contributed by atoms with E-state index in [2.05, 4.69) is 38.3 Å². The van der Waals surface area contributed by atoms with Crippen molar-refractivity contribution in [3.05, 3.63) is 89.2 Å². The molecular weight excluding hydrogens is 436 g/mol. The number of amides is 1. The number of carbonyl (C=O) groups is 1. The van der Waals surface area contributed by atoms with Crippen LogP contribution in [-0.4, -0.2) is 55.1 Å². The third-order valence-electron chi connectivity index (χ3n) is 5.71. The number of nitrogens with zero attached hydrogens (tertiary/aromatic N) is 3. The van der Waals surface area contributed by atoms with Crippen LogP contribution in [0, 0.1) is 0 Å². The molecule has 1 N–H and O–H groups in total. The van der Waals surface area contributed by atoms with Gasteiger partial charge < -0.3 is 15.0 Å². The molecule has 0 unspecified atom stereocenters. The van der Waals surface area contributed by atoms with E-state index in [1.807, 2.05) is 30.3 Å². The summed E-state index contributed by atoms with van der Waals surface area (Å²) in [5.74, 6) is 0.761. The first-order chi connectivity index (χ1) is 16.2. The van der Waals surface area contributed by atoms with Gasteiger partial charge in [0.1, 0.15) is 5.75 Å². The second-order valence-corrected chi connectivity index (χ2v) is 8.46. The number of ether oxygens (including phenoxy) is 1. The molecule has 0 saturated carbocycles. The Balaban J connectivity index is 1.14. The van der Waals surface area contributed by atoms with Crippen LogP contribution in [0.3, 0.4) is 0 Å². The summed E-state index contributed by atoms with van der Waals surface area (Å²) in [7, 11) is 0. The third-order valence-corrected chi connectivity index (χ3v) is 6.03. The Morgan fingerprint density at radius 2 is 1.70 bits per heavy atom. The van der Waals surface area contributed by atoms with Crippen molar-refractivity contribution in [1.29, 1.82) is 0 Å². The van der Waals surface area contributed by atoms with Gasteiger partial charge in [-0.25, -0.2) is 0 Å². The fourth-order valence-corrected chi connectivity index (χ4v) is 4.13. The monoisotopic (exact) mass is 464 g/mol. The Morgan fingerprint density at radius 3 is 2.42 bits per heavy atom. The normalized spacial score (nSPS) is 14.2. The molecule has 33 heavy (non-hydrogen) atoms. The number of hydrogen-bond acceptors (Lipinski definition) is 5. The zero-order valence-electron chi connectivity index (χ0n) is 18.6. The lowest BCUT2D eigenvalue weighted by Crippen LogP contribution is -2.46. The Kier molecular flexibility index (Phi) is 8.17. The molecular formula is C26H29ClN4O2. The molecule has 0 radical (unpaired) electrons. The predicted octanol–water partition coefficient (Wildman–Crippen LogP) is 4.26. The first-order valence-corrected chi connectivity index (χ1v) is 11.7. The van der Waals surface area contributed by atoms with E-state index in [1.165, 1.54) is 5.56 Å². The van der Waals surface area contributed by atoms with Crippen molar-refractivity contribution in [3.63, 3.8) is 0 Å². The van der Waals surface area contributed by atoms with Crippen molar-refractivity contribution >= 4 is 23.2 Å². The first-order valence-electron chi connectivity index (χ1n) is 11.3. The molecule has 0 spiro atoms. The summed E-state index contributed by atoms with van der Waals surface area (Å²) < 4.78 is 5.82. The standard InChI is InChI=1S/C26H29ClN4O2/c27-24-4-1-2-5-25(24)31-17-15-30(16-18-31)20-21-6-8-23(9-7-21)33-19-3-12-29-26(32)22-10-13-28-14-11-22/h1-2,4-11,13-14H,3,12,15-20H2,(H,29,32). The maximum Gasteiger partial charge on any atom is 0.251 e. The zero-order chi connectivity index (χ0) is 22.9. The molecule has 0 aliphatic carbocycles. The number of rotatable bonds is 9. The van der Waals surface area contributed by atoms with Gasteiger partial charge in [-0.2, -0.15) is 0 Å². The van der Waals surface area contributed by atoms with E-state index in [0.717, 1.165) is 55.6 Å². The molecule has 7 heteroatoms. The van der Waals surface area contributed by atoms with Crippen molar-refractivity contribution in [1.82, 2.24) is 15.2 Å². The van der Waals surface area contributed by atoms with E-state index in [1.54, 1.807) is 24.5 Å². The number of benzene rings is 2. The number of hydrogen-bond donors (Lipinski definition) is 1. The number of anilines is 1. The molecule has 1 aliphatic rings. The second-order valence-electron chi connectivity index (χ2n) is 8.05. The molecule has 1 fully saturated rings. The van der Waals surface area contributed by atoms with Crippen molar-refractivity contribution in [3.8, 4) is 5.75 Å². The Bertz CT molecular complexity index is 1020. The van der Waals surface area contributed by atoms with Crippen LogP contribution in [0.2, 0.25) is 5.02 Å². The predicted molar refractivity (Wildman–Crippen MR) is 132 cm³/mol. The number of para-hydroxylation sites is 1. The number of pyridine rings is 1. The van der Waals surface area contributed by atoms with Gasteiger partial charge in [-0.15, -0.1) is 0 Å². The van der Waals surface area contributed by atoms with Gasteiger partial charge in [0, 0.05) is 57.2 Å². The summed E-state index contributed by atoms with van der Waals surface area (Å²) in [5, 5.41) is 3.71. The number of carbonyl (C=O) groups excluding carboxylic acids is 1. The smallest absolute Gasteiger partial charge is 0.251 e. The average molecular weight is 465 g/mol. The van der Waals surface area contributed by atoms with Crippen LogP contribution in [0.25, 0.3) is 0 Å². The lowest BCUT2D eigenvalue weighted by atomic mass is 10.2. The quantitative estimate of drug-likeness (QED) is 0.479. The summed E-state index contributed by atoms with van der Waals surface area (Å²) in [4.78, 5) is 20.7. The highest BCUT2D eigenvalue weighted by atomic mass is 35.5. The van der Waals surface area contributed by atoms with Crippen molar-refractivity contribution in [2.24, 2.45) is 0 Å². The molecule has 6 nitrogen and oxygen atoms in total. The number of piperazine rings is 1. The molecule has 0 bridgehead atoms. The van der Waals surface area contributed by atoms with E-state index >= 15 is 0 Å². The molecule has 1 aromatic heterocycles. The van der Waals surface area contributed by atoms with Gasteiger partial charge in [0.2, 0.25) is 0 Å². The highest BCUT2D eigenvalue weighted by Gasteiger charge is 2.18. The summed E-state index contributed by atoms with van der Waals surface area (Å²) >= 11 is 6.34. The highest BCUT2D eigenvalue weighted by molar-refractivity contribution is 6.33. The Labute approximate surface area is 200 Å². The lowest BCUT2D eigenvalue weighted by molar-refractivity contribution is 0.0951. The minimum absolute atomic E-state index is 0.0885.